The van der Waals surface area contributed by atoms with Crippen molar-refractivity contribution < 1.29 is 9.50 Å². The summed E-state index contributed by atoms with van der Waals surface area (Å²) in [6.45, 7) is 1.87. The zero-order valence-electron chi connectivity index (χ0n) is 10.5. The van der Waals surface area contributed by atoms with Crippen LogP contribution in [0.4, 0.5) is 15.8 Å². The lowest BCUT2D eigenvalue weighted by Gasteiger charge is -2.20. The van der Waals surface area contributed by atoms with Gasteiger partial charge in [0.2, 0.25) is 0 Å². The zero-order valence-corrected chi connectivity index (χ0v) is 10.5. The number of rotatable bonds is 3. The number of hydrogen-bond donors (Lipinski definition) is 1. The molecule has 2 rings (SSSR count). The maximum absolute atomic E-state index is 13.9. The first-order valence-corrected chi connectivity index (χ1v) is 5.81. The quantitative estimate of drug-likeness (QED) is 0.896. The van der Waals surface area contributed by atoms with Gasteiger partial charge in [-0.25, -0.2) is 4.39 Å². The minimum absolute atomic E-state index is 0.147. The fourth-order valence-electron chi connectivity index (χ4n) is 1.83. The molecule has 2 nitrogen and oxygen atoms in total. The molecule has 0 aliphatic rings. The van der Waals surface area contributed by atoms with E-state index in [4.69, 9.17) is 5.11 Å². The van der Waals surface area contributed by atoms with Crippen LogP contribution >= 0.6 is 0 Å². The molecular weight excluding hydrogens is 229 g/mol. The molecule has 0 atom stereocenters. The van der Waals surface area contributed by atoms with Crippen LogP contribution in [0.2, 0.25) is 0 Å². The van der Waals surface area contributed by atoms with Gasteiger partial charge in [0.1, 0.15) is 5.82 Å². The summed E-state index contributed by atoms with van der Waals surface area (Å²) >= 11 is 0. The summed E-state index contributed by atoms with van der Waals surface area (Å²) in [6, 6.07) is 12.7. The lowest BCUT2D eigenvalue weighted by molar-refractivity contribution is 0.281. The van der Waals surface area contributed by atoms with Gasteiger partial charge in [-0.1, -0.05) is 23.8 Å². The number of anilines is 2. The monoisotopic (exact) mass is 245 g/mol. The Morgan fingerprint density at radius 1 is 1.11 bits per heavy atom. The highest BCUT2D eigenvalue weighted by atomic mass is 19.1. The van der Waals surface area contributed by atoms with Gasteiger partial charge < -0.3 is 10.0 Å². The zero-order chi connectivity index (χ0) is 13.1. The third kappa shape index (κ3) is 2.51. The molecule has 2 aromatic carbocycles. The SMILES string of the molecule is Cc1ccc(N(C)c2ccc(CO)cc2F)cc1. The third-order valence-corrected chi connectivity index (χ3v) is 2.98. The van der Waals surface area contributed by atoms with E-state index in [2.05, 4.69) is 0 Å². The fourth-order valence-corrected chi connectivity index (χ4v) is 1.83. The summed E-state index contributed by atoms with van der Waals surface area (Å²) in [5.41, 5.74) is 3.17. The summed E-state index contributed by atoms with van der Waals surface area (Å²) in [5.74, 6) is -0.329. The Kier molecular flexibility index (Phi) is 3.63. The van der Waals surface area contributed by atoms with Crippen LogP contribution in [0.5, 0.6) is 0 Å². The predicted octanol–water partition coefficient (Wildman–Crippen LogP) is 3.39. The van der Waals surface area contributed by atoms with Crippen molar-refractivity contribution in [3.63, 3.8) is 0 Å². The van der Waals surface area contributed by atoms with E-state index < -0.39 is 0 Å². The second-order valence-corrected chi connectivity index (χ2v) is 4.34. The van der Waals surface area contributed by atoms with Crippen molar-refractivity contribution in [3.05, 3.63) is 59.4 Å². The molecule has 0 saturated carbocycles. The maximum atomic E-state index is 13.9. The average molecular weight is 245 g/mol. The molecule has 0 saturated heterocycles. The van der Waals surface area contributed by atoms with Gasteiger partial charge in [0.15, 0.2) is 0 Å². The molecule has 0 unspecified atom stereocenters. The summed E-state index contributed by atoms with van der Waals surface area (Å²) in [4.78, 5) is 1.79. The minimum atomic E-state index is -0.329. The van der Waals surface area contributed by atoms with Gasteiger partial charge >= 0.3 is 0 Å². The number of aliphatic hydroxyl groups excluding tert-OH is 1. The van der Waals surface area contributed by atoms with E-state index in [1.54, 1.807) is 17.0 Å². The molecule has 0 radical (unpaired) electrons. The van der Waals surface area contributed by atoms with E-state index in [9.17, 15) is 4.39 Å². The molecule has 94 valence electrons. The van der Waals surface area contributed by atoms with Crippen LogP contribution in [0.1, 0.15) is 11.1 Å². The van der Waals surface area contributed by atoms with Crippen molar-refractivity contribution in [3.8, 4) is 0 Å². The number of aryl methyl sites for hydroxylation is 1. The molecule has 0 aliphatic carbocycles. The van der Waals surface area contributed by atoms with Gasteiger partial charge in [-0.3, -0.25) is 0 Å². The Bertz CT molecular complexity index is 537. The van der Waals surface area contributed by atoms with Crippen molar-refractivity contribution in [2.45, 2.75) is 13.5 Å². The van der Waals surface area contributed by atoms with Crippen LogP contribution in [-0.4, -0.2) is 12.2 Å². The lowest BCUT2D eigenvalue weighted by atomic mass is 10.1. The van der Waals surface area contributed by atoms with Crippen LogP contribution < -0.4 is 4.90 Å². The van der Waals surface area contributed by atoms with Crippen molar-refractivity contribution >= 4 is 11.4 Å². The van der Waals surface area contributed by atoms with E-state index in [0.717, 1.165) is 5.69 Å². The smallest absolute Gasteiger partial charge is 0.147 e. The summed E-state index contributed by atoms with van der Waals surface area (Å²) in [5, 5.41) is 8.96. The van der Waals surface area contributed by atoms with Crippen molar-refractivity contribution in [2.75, 3.05) is 11.9 Å². The summed E-state index contributed by atoms with van der Waals surface area (Å²) in [7, 11) is 1.82. The van der Waals surface area contributed by atoms with Crippen LogP contribution in [-0.2, 0) is 6.61 Å². The fraction of sp³-hybridized carbons (Fsp3) is 0.200. The molecule has 0 heterocycles. The number of nitrogens with zero attached hydrogens (tertiary/aromatic N) is 1. The minimum Gasteiger partial charge on any atom is -0.392 e. The lowest BCUT2D eigenvalue weighted by Crippen LogP contribution is -2.11. The van der Waals surface area contributed by atoms with Gasteiger partial charge in [-0.2, -0.15) is 0 Å². The molecule has 0 spiro atoms. The third-order valence-electron chi connectivity index (χ3n) is 2.98. The van der Waals surface area contributed by atoms with Crippen LogP contribution in [0.3, 0.4) is 0 Å². The average Bonchev–Trinajstić information content (AvgIpc) is 2.38. The van der Waals surface area contributed by atoms with E-state index >= 15 is 0 Å². The van der Waals surface area contributed by atoms with E-state index in [0.29, 0.717) is 11.3 Å². The Labute approximate surface area is 106 Å². The molecular formula is C15H16FNO. The number of halogens is 1. The van der Waals surface area contributed by atoms with Crippen molar-refractivity contribution in [1.29, 1.82) is 0 Å². The molecule has 0 aliphatic heterocycles. The molecule has 3 heteroatoms. The first-order chi connectivity index (χ1) is 8.61. The maximum Gasteiger partial charge on any atom is 0.147 e. The number of aliphatic hydroxyl groups is 1. The molecule has 18 heavy (non-hydrogen) atoms. The molecule has 0 aromatic heterocycles. The van der Waals surface area contributed by atoms with Crippen molar-refractivity contribution in [2.24, 2.45) is 0 Å². The highest BCUT2D eigenvalue weighted by molar-refractivity contribution is 5.63. The van der Waals surface area contributed by atoms with E-state index in [-0.39, 0.29) is 12.4 Å². The van der Waals surface area contributed by atoms with Crippen LogP contribution in [0.25, 0.3) is 0 Å². The first kappa shape index (κ1) is 12.6. The van der Waals surface area contributed by atoms with Gasteiger partial charge in [-0.15, -0.1) is 0 Å². The topological polar surface area (TPSA) is 23.5 Å². The van der Waals surface area contributed by atoms with E-state index in [1.807, 2.05) is 38.2 Å². The first-order valence-electron chi connectivity index (χ1n) is 5.81. The second kappa shape index (κ2) is 5.19. The predicted molar refractivity (Wildman–Crippen MR) is 71.6 cm³/mol. The van der Waals surface area contributed by atoms with Crippen molar-refractivity contribution in [1.82, 2.24) is 0 Å². The van der Waals surface area contributed by atoms with Gasteiger partial charge in [-0.05, 0) is 36.8 Å². The number of benzene rings is 2. The molecule has 1 N–H and O–H groups in total. The van der Waals surface area contributed by atoms with Crippen LogP contribution in [0, 0.1) is 12.7 Å². The Hall–Kier alpha value is -1.87. The highest BCUT2D eigenvalue weighted by Gasteiger charge is 2.09. The summed E-state index contributed by atoms with van der Waals surface area (Å²) in [6.07, 6.45) is 0. The van der Waals surface area contributed by atoms with Gasteiger partial charge in [0, 0.05) is 12.7 Å². The Balaban J connectivity index is 2.33. The molecule has 2 aromatic rings. The molecule has 0 amide bonds. The standard InChI is InChI=1S/C15H16FNO/c1-11-3-6-13(7-4-11)17(2)15-8-5-12(10-18)9-14(15)16/h3-9,18H,10H2,1-2H3. The Morgan fingerprint density at radius 2 is 1.78 bits per heavy atom. The van der Waals surface area contributed by atoms with Gasteiger partial charge in [0.25, 0.3) is 0 Å². The normalized spacial score (nSPS) is 10.4. The van der Waals surface area contributed by atoms with Crippen LogP contribution in [0.15, 0.2) is 42.5 Å². The Morgan fingerprint density at radius 3 is 2.33 bits per heavy atom. The summed E-state index contributed by atoms with van der Waals surface area (Å²) < 4.78 is 13.9. The number of hydrogen-bond acceptors (Lipinski definition) is 2. The molecule has 0 fully saturated rings. The largest absolute Gasteiger partial charge is 0.392 e. The van der Waals surface area contributed by atoms with E-state index in [1.165, 1.54) is 11.6 Å². The second-order valence-electron chi connectivity index (χ2n) is 4.34. The molecule has 0 bridgehead atoms. The highest BCUT2D eigenvalue weighted by Crippen LogP contribution is 2.27. The van der Waals surface area contributed by atoms with Gasteiger partial charge in [0.05, 0.1) is 12.3 Å².